The molecule has 118 valence electrons. The zero-order chi connectivity index (χ0) is 17.0. The Bertz CT molecular complexity index is 803. The molecule has 1 heterocycles. The van der Waals surface area contributed by atoms with Crippen molar-refractivity contribution in [1.82, 2.24) is 5.16 Å². The first-order valence-electron chi connectivity index (χ1n) is 6.47. The fourth-order valence-electron chi connectivity index (χ4n) is 1.89. The molecule has 2 aromatic rings. The fourth-order valence-corrected chi connectivity index (χ4v) is 1.89. The van der Waals surface area contributed by atoms with Gasteiger partial charge in [0.2, 0.25) is 0 Å². The molecule has 0 aliphatic rings. The Morgan fingerprint density at radius 3 is 2.74 bits per heavy atom. The molecule has 0 saturated carbocycles. The van der Waals surface area contributed by atoms with Crippen LogP contribution >= 0.6 is 0 Å². The Hall–Kier alpha value is -3.31. The van der Waals surface area contributed by atoms with E-state index in [2.05, 4.69) is 10.5 Å². The highest BCUT2D eigenvalue weighted by Crippen LogP contribution is 2.22. The third-order valence-corrected chi connectivity index (χ3v) is 3.07. The van der Waals surface area contributed by atoms with E-state index in [-0.39, 0.29) is 28.1 Å². The van der Waals surface area contributed by atoms with E-state index in [0.29, 0.717) is 0 Å². The number of nitrogens with one attached hydrogen (secondary N) is 1. The van der Waals surface area contributed by atoms with Gasteiger partial charge in [-0.1, -0.05) is 11.2 Å². The van der Waals surface area contributed by atoms with Crippen molar-refractivity contribution in [3.8, 4) is 6.07 Å². The van der Waals surface area contributed by atoms with Crippen LogP contribution in [0.1, 0.15) is 21.7 Å². The minimum absolute atomic E-state index is 0.0174. The van der Waals surface area contributed by atoms with Gasteiger partial charge in [-0.2, -0.15) is 5.26 Å². The van der Waals surface area contributed by atoms with E-state index < -0.39 is 18.0 Å². The Morgan fingerprint density at radius 2 is 2.17 bits per heavy atom. The molecule has 1 aromatic carbocycles. The highest BCUT2D eigenvalue weighted by molar-refractivity contribution is 5.88. The quantitative estimate of drug-likeness (QED) is 0.372. The largest absolute Gasteiger partial charge is 0.506 e. The molecule has 0 aliphatic carbocycles. The molecule has 1 unspecified atom stereocenters. The van der Waals surface area contributed by atoms with E-state index in [1.54, 1.807) is 13.0 Å². The number of aliphatic hydroxyl groups is 2. The fraction of sp³-hybridized carbons (Fsp3) is 0.133. The van der Waals surface area contributed by atoms with Crippen molar-refractivity contribution >= 4 is 17.4 Å². The van der Waals surface area contributed by atoms with Gasteiger partial charge in [-0.25, -0.2) is 4.79 Å². The summed E-state index contributed by atoms with van der Waals surface area (Å²) in [5.41, 5.74) is 0.127. The second-order valence-corrected chi connectivity index (χ2v) is 4.60. The molecule has 0 saturated heterocycles. The predicted molar refractivity (Wildman–Crippen MR) is 79.4 cm³/mol. The van der Waals surface area contributed by atoms with Crippen LogP contribution in [0.4, 0.5) is 5.69 Å². The standard InChI is InChI=1S/C15H13N3O5/c1-8-12(7-17-23-8)13(19)11(6-16)14(20)18-10-4-2-3-9(5-10)15(21)22/h2-5,7,14,18-20H,1H3,(H,21,22)/b13-11-. The summed E-state index contributed by atoms with van der Waals surface area (Å²) in [5.74, 6) is -1.31. The summed E-state index contributed by atoms with van der Waals surface area (Å²) in [7, 11) is 0. The van der Waals surface area contributed by atoms with E-state index >= 15 is 0 Å². The molecule has 0 amide bonds. The van der Waals surface area contributed by atoms with Gasteiger partial charge >= 0.3 is 5.97 Å². The highest BCUT2D eigenvalue weighted by atomic mass is 16.5. The molecular weight excluding hydrogens is 302 g/mol. The summed E-state index contributed by atoms with van der Waals surface area (Å²) >= 11 is 0. The molecule has 0 spiro atoms. The van der Waals surface area contributed by atoms with Crippen molar-refractivity contribution in [3.63, 3.8) is 0 Å². The van der Waals surface area contributed by atoms with E-state index in [0.717, 1.165) is 0 Å². The number of nitrogens with zero attached hydrogens (tertiary/aromatic N) is 2. The number of benzene rings is 1. The monoisotopic (exact) mass is 315 g/mol. The Kier molecular flexibility index (Phi) is 4.64. The number of nitriles is 1. The van der Waals surface area contributed by atoms with Crippen LogP contribution in [0.5, 0.6) is 0 Å². The van der Waals surface area contributed by atoms with Crippen molar-refractivity contribution in [2.45, 2.75) is 13.2 Å². The summed E-state index contributed by atoms with van der Waals surface area (Å²) in [6.07, 6.45) is -0.321. The number of aliphatic hydroxyl groups excluding tert-OH is 2. The maximum Gasteiger partial charge on any atom is 0.335 e. The number of hydrogen-bond donors (Lipinski definition) is 4. The summed E-state index contributed by atoms with van der Waals surface area (Å²) in [6.45, 7) is 1.55. The van der Waals surface area contributed by atoms with Gasteiger partial charge in [0.05, 0.1) is 17.3 Å². The first-order chi connectivity index (χ1) is 10.9. The summed E-state index contributed by atoms with van der Waals surface area (Å²) in [6, 6.07) is 7.39. The molecule has 0 bridgehead atoms. The van der Waals surface area contributed by atoms with Crippen LogP contribution in [0, 0.1) is 18.3 Å². The van der Waals surface area contributed by atoms with Gasteiger partial charge in [0, 0.05) is 5.69 Å². The lowest BCUT2D eigenvalue weighted by molar-refractivity contribution is 0.0697. The minimum Gasteiger partial charge on any atom is -0.506 e. The molecule has 23 heavy (non-hydrogen) atoms. The Morgan fingerprint density at radius 1 is 1.43 bits per heavy atom. The number of aromatic carboxylic acids is 1. The highest BCUT2D eigenvalue weighted by Gasteiger charge is 2.20. The SMILES string of the molecule is Cc1oncc1/C(O)=C(\C#N)C(O)Nc1cccc(C(=O)O)c1. The lowest BCUT2D eigenvalue weighted by Gasteiger charge is -2.14. The summed E-state index contributed by atoms with van der Waals surface area (Å²) in [5, 5.41) is 44.3. The van der Waals surface area contributed by atoms with Gasteiger partial charge in [0.15, 0.2) is 6.23 Å². The van der Waals surface area contributed by atoms with E-state index in [1.165, 1.54) is 30.5 Å². The number of aryl methyl sites for hydroxylation is 1. The molecular formula is C15H13N3O5. The zero-order valence-electron chi connectivity index (χ0n) is 12.0. The number of carbonyl (C=O) groups is 1. The van der Waals surface area contributed by atoms with Crippen LogP contribution < -0.4 is 5.32 Å². The molecule has 8 nitrogen and oxygen atoms in total. The third kappa shape index (κ3) is 3.48. The van der Waals surface area contributed by atoms with Crippen molar-refractivity contribution in [2.75, 3.05) is 5.32 Å². The number of carboxylic acids is 1. The average molecular weight is 315 g/mol. The van der Waals surface area contributed by atoms with Gasteiger partial charge in [0.1, 0.15) is 23.2 Å². The second-order valence-electron chi connectivity index (χ2n) is 4.60. The zero-order valence-corrected chi connectivity index (χ0v) is 12.0. The molecule has 8 heteroatoms. The molecule has 1 aromatic heterocycles. The van der Waals surface area contributed by atoms with Crippen LogP contribution in [-0.4, -0.2) is 32.7 Å². The molecule has 1 atom stereocenters. The maximum atomic E-state index is 10.9. The van der Waals surface area contributed by atoms with Crippen molar-refractivity contribution in [1.29, 1.82) is 5.26 Å². The predicted octanol–water partition coefficient (Wildman–Crippen LogP) is 1.90. The normalized spacial score (nSPS) is 12.9. The van der Waals surface area contributed by atoms with Crippen LogP contribution in [0.15, 0.2) is 40.6 Å². The van der Waals surface area contributed by atoms with Crippen LogP contribution in [0.2, 0.25) is 0 Å². The van der Waals surface area contributed by atoms with Crippen LogP contribution in [-0.2, 0) is 0 Å². The third-order valence-electron chi connectivity index (χ3n) is 3.07. The topological polar surface area (TPSA) is 140 Å². The first kappa shape index (κ1) is 16.1. The maximum absolute atomic E-state index is 10.9. The molecule has 4 N–H and O–H groups in total. The van der Waals surface area contributed by atoms with E-state index in [4.69, 9.17) is 14.9 Å². The van der Waals surface area contributed by atoms with Gasteiger partial charge in [-0.15, -0.1) is 0 Å². The Labute approximate surface area is 130 Å². The Balaban J connectivity index is 2.30. The first-order valence-corrected chi connectivity index (χ1v) is 6.47. The van der Waals surface area contributed by atoms with Gasteiger partial charge in [-0.05, 0) is 25.1 Å². The lowest BCUT2D eigenvalue weighted by Crippen LogP contribution is -2.22. The van der Waals surface area contributed by atoms with E-state index in [9.17, 15) is 15.0 Å². The number of anilines is 1. The summed E-state index contributed by atoms with van der Waals surface area (Å²) < 4.78 is 4.80. The number of rotatable bonds is 5. The van der Waals surface area contributed by atoms with Crippen LogP contribution in [0.25, 0.3) is 5.76 Å². The number of hydrogen-bond acceptors (Lipinski definition) is 7. The van der Waals surface area contributed by atoms with Crippen molar-refractivity contribution in [2.24, 2.45) is 0 Å². The smallest absolute Gasteiger partial charge is 0.335 e. The number of aromatic nitrogens is 1. The lowest BCUT2D eigenvalue weighted by atomic mass is 10.1. The van der Waals surface area contributed by atoms with Crippen molar-refractivity contribution < 1.29 is 24.6 Å². The van der Waals surface area contributed by atoms with E-state index in [1.807, 2.05) is 0 Å². The van der Waals surface area contributed by atoms with Crippen LogP contribution in [0.3, 0.4) is 0 Å². The van der Waals surface area contributed by atoms with Gasteiger partial charge in [0.25, 0.3) is 0 Å². The molecule has 0 radical (unpaired) electrons. The molecule has 0 fully saturated rings. The second kappa shape index (κ2) is 6.64. The minimum atomic E-state index is -1.54. The number of carboxylic acid groups (broad SMARTS) is 1. The van der Waals surface area contributed by atoms with Crippen molar-refractivity contribution in [3.05, 3.63) is 52.9 Å². The average Bonchev–Trinajstić information content (AvgIpc) is 2.94. The van der Waals surface area contributed by atoms with Gasteiger partial charge in [-0.3, -0.25) is 0 Å². The van der Waals surface area contributed by atoms with Gasteiger partial charge < -0.3 is 25.2 Å². The molecule has 0 aliphatic heterocycles. The molecule has 2 rings (SSSR count). The summed E-state index contributed by atoms with van der Waals surface area (Å²) in [4.78, 5) is 10.9.